The van der Waals surface area contributed by atoms with Gasteiger partial charge < -0.3 is 4.90 Å². The lowest BCUT2D eigenvalue weighted by Crippen LogP contribution is -2.22. The second-order valence-corrected chi connectivity index (χ2v) is 4.91. The molecule has 2 aromatic carbocycles. The summed E-state index contributed by atoms with van der Waals surface area (Å²) >= 11 is 0. The van der Waals surface area contributed by atoms with Crippen LogP contribution in [0.3, 0.4) is 0 Å². The topological polar surface area (TPSA) is 102 Å². The van der Waals surface area contributed by atoms with E-state index in [0.29, 0.717) is 17.1 Å². The fourth-order valence-corrected chi connectivity index (χ4v) is 1.95. The first-order valence-corrected chi connectivity index (χ1v) is 6.64. The fraction of sp³-hybridized carbons (Fsp3) is 0.133. The van der Waals surface area contributed by atoms with Crippen molar-refractivity contribution in [3.63, 3.8) is 0 Å². The van der Waals surface area contributed by atoms with Gasteiger partial charge in [-0.1, -0.05) is 6.07 Å². The van der Waals surface area contributed by atoms with E-state index >= 15 is 0 Å². The Labute approximate surface area is 132 Å². The molecule has 0 aliphatic carbocycles. The van der Waals surface area contributed by atoms with E-state index in [9.17, 15) is 20.2 Å². The third kappa shape index (κ3) is 3.88. The summed E-state index contributed by atoms with van der Waals surface area (Å²) in [6.07, 6.45) is 0. The lowest BCUT2D eigenvalue weighted by atomic mass is 10.1. The van der Waals surface area contributed by atoms with Gasteiger partial charge in [0, 0.05) is 43.9 Å². The fourth-order valence-electron chi connectivity index (χ4n) is 1.95. The van der Waals surface area contributed by atoms with Crippen LogP contribution in [0.4, 0.5) is 17.1 Å². The predicted octanol–water partition coefficient (Wildman–Crippen LogP) is 3.14. The van der Waals surface area contributed by atoms with Crippen molar-refractivity contribution in [1.82, 2.24) is 4.90 Å². The van der Waals surface area contributed by atoms with Crippen molar-refractivity contribution in [3.05, 3.63) is 74.3 Å². The standard InChI is InChI=1S/C15H14N4O4/c1-17(2)15(11-6-8-13(9-7-11)18(20)21)16-12-4-3-5-14(10-12)19(22)23/h3-10H,1-2H3. The highest BCUT2D eigenvalue weighted by molar-refractivity contribution is 6.00. The molecule has 118 valence electrons. The molecule has 0 heterocycles. The number of nitro benzene ring substituents is 2. The van der Waals surface area contributed by atoms with Crippen LogP contribution >= 0.6 is 0 Å². The summed E-state index contributed by atoms with van der Waals surface area (Å²) in [6.45, 7) is 0. The van der Waals surface area contributed by atoms with Crippen molar-refractivity contribution >= 4 is 22.9 Å². The summed E-state index contributed by atoms with van der Waals surface area (Å²) in [5.41, 5.74) is 1.05. The number of non-ortho nitro benzene ring substituents is 2. The summed E-state index contributed by atoms with van der Waals surface area (Å²) in [4.78, 5) is 26.7. The van der Waals surface area contributed by atoms with Crippen LogP contribution in [0.15, 0.2) is 53.5 Å². The maximum atomic E-state index is 10.8. The number of hydrogen-bond acceptors (Lipinski definition) is 5. The minimum atomic E-state index is -0.486. The monoisotopic (exact) mass is 314 g/mol. The number of rotatable bonds is 4. The van der Waals surface area contributed by atoms with E-state index < -0.39 is 9.85 Å². The van der Waals surface area contributed by atoms with Gasteiger partial charge in [-0.05, 0) is 18.2 Å². The van der Waals surface area contributed by atoms with Gasteiger partial charge in [0.2, 0.25) is 0 Å². The van der Waals surface area contributed by atoms with Crippen LogP contribution in [0.5, 0.6) is 0 Å². The average Bonchev–Trinajstić information content (AvgIpc) is 2.52. The second kappa shape index (κ2) is 6.65. The Hall–Kier alpha value is -3.29. The molecule has 0 aliphatic rings. The van der Waals surface area contributed by atoms with Gasteiger partial charge in [-0.2, -0.15) is 0 Å². The van der Waals surface area contributed by atoms with Gasteiger partial charge in [-0.25, -0.2) is 4.99 Å². The molecule has 0 spiro atoms. The highest BCUT2D eigenvalue weighted by Crippen LogP contribution is 2.22. The van der Waals surface area contributed by atoms with Crippen LogP contribution < -0.4 is 0 Å². The predicted molar refractivity (Wildman–Crippen MR) is 86.1 cm³/mol. The van der Waals surface area contributed by atoms with Crippen molar-refractivity contribution in [2.75, 3.05) is 14.1 Å². The molecule has 8 nitrogen and oxygen atoms in total. The third-order valence-electron chi connectivity index (χ3n) is 3.04. The van der Waals surface area contributed by atoms with Gasteiger partial charge in [0.15, 0.2) is 0 Å². The number of nitrogens with zero attached hydrogens (tertiary/aromatic N) is 4. The Morgan fingerprint density at radius 2 is 1.57 bits per heavy atom. The maximum Gasteiger partial charge on any atom is 0.271 e. The van der Waals surface area contributed by atoms with E-state index in [1.54, 1.807) is 43.3 Å². The highest BCUT2D eigenvalue weighted by Gasteiger charge is 2.11. The molecule has 0 N–H and O–H groups in total. The van der Waals surface area contributed by atoms with Crippen LogP contribution in [0, 0.1) is 20.2 Å². The largest absolute Gasteiger partial charge is 0.362 e. The molecule has 0 amide bonds. The van der Waals surface area contributed by atoms with Crippen LogP contribution in [-0.4, -0.2) is 34.7 Å². The van der Waals surface area contributed by atoms with Gasteiger partial charge in [0.25, 0.3) is 11.4 Å². The summed E-state index contributed by atoms with van der Waals surface area (Å²) in [7, 11) is 3.55. The lowest BCUT2D eigenvalue weighted by Gasteiger charge is -2.16. The van der Waals surface area contributed by atoms with Crippen molar-refractivity contribution in [2.45, 2.75) is 0 Å². The Bertz CT molecular complexity index is 769. The maximum absolute atomic E-state index is 10.8. The number of nitro groups is 2. The number of aliphatic imine (C=N–C) groups is 1. The van der Waals surface area contributed by atoms with Crippen LogP contribution in [0.25, 0.3) is 0 Å². The molecular weight excluding hydrogens is 300 g/mol. The number of hydrogen-bond donors (Lipinski definition) is 0. The third-order valence-corrected chi connectivity index (χ3v) is 3.04. The van der Waals surface area contributed by atoms with Crippen molar-refractivity contribution in [3.8, 4) is 0 Å². The smallest absolute Gasteiger partial charge is 0.271 e. The van der Waals surface area contributed by atoms with Crippen molar-refractivity contribution in [2.24, 2.45) is 4.99 Å². The van der Waals surface area contributed by atoms with Gasteiger partial charge in [0.1, 0.15) is 5.84 Å². The minimum Gasteiger partial charge on any atom is -0.362 e. The summed E-state index contributed by atoms with van der Waals surface area (Å²) in [6, 6.07) is 11.9. The molecule has 0 bridgehead atoms. The molecule has 0 atom stereocenters. The molecule has 0 aromatic heterocycles. The number of amidine groups is 1. The Morgan fingerprint density at radius 3 is 2.09 bits per heavy atom. The lowest BCUT2D eigenvalue weighted by molar-refractivity contribution is -0.385. The van der Waals surface area contributed by atoms with Gasteiger partial charge in [-0.15, -0.1) is 0 Å². The first-order valence-electron chi connectivity index (χ1n) is 6.64. The van der Waals surface area contributed by atoms with E-state index in [1.165, 1.54) is 24.3 Å². The highest BCUT2D eigenvalue weighted by atomic mass is 16.6. The van der Waals surface area contributed by atoms with Gasteiger partial charge in [-0.3, -0.25) is 20.2 Å². The molecule has 8 heteroatoms. The average molecular weight is 314 g/mol. The van der Waals surface area contributed by atoms with Crippen molar-refractivity contribution in [1.29, 1.82) is 0 Å². The zero-order valence-electron chi connectivity index (χ0n) is 12.5. The zero-order valence-corrected chi connectivity index (χ0v) is 12.5. The van der Waals surface area contributed by atoms with Gasteiger partial charge in [0.05, 0.1) is 15.5 Å². The van der Waals surface area contributed by atoms with Gasteiger partial charge >= 0.3 is 0 Å². The Morgan fingerprint density at radius 1 is 0.957 bits per heavy atom. The van der Waals surface area contributed by atoms with E-state index in [-0.39, 0.29) is 11.4 Å². The van der Waals surface area contributed by atoms with E-state index in [2.05, 4.69) is 4.99 Å². The molecule has 0 fully saturated rings. The normalized spacial score (nSPS) is 11.1. The summed E-state index contributed by atoms with van der Waals surface area (Å²) in [5, 5.41) is 21.5. The first kappa shape index (κ1) is 16.1. The Kier molecular flexibility index (Phi) is 4.65. The molecule has 2 aromatic rings. The molecule has 0 saturated carbocycles. The van der Waals surface area contributed by atoms with Crippen LogP contribution in [0.2, 0.25) is 0 Å². The van der Waals surface area contributed by atoms with E-state index in [4.69, 9.17) is 0 Å². The van der Waals surface area contributed by atoms with Crippen molar-refractivity contribution < 1.29 is 9.85 Å². The zero-order chi connectivity index (χ0) is 17.0. The second-order valence-electron chi connectivity index (χ2n) is 4.91. The minimum absolute atomic E-state index is 0.0118. The molecule has 0 radical (unpaired) electrons. The quantitative estimate of drug-likeness (QED) is 0.373. The Balaban J connectivity index is 2.43. The molecule has 0 aliphatic heterocycles. The molecule has 0 saturated heterocycles. The first-order chi connectivity index (χ1) is 10.9. The molecule has 2 rings (SSSR count). The van der Waals surface area contributed by atoms with Crippen LogP contribution in [0.1, 0.15) is 5.56 Å². The SMILES string of the molecule is CN(C)C(=Nc1cccc([N+](=O)[O-])c1)c1ccc([N+](=O)[O-])cc1. The summed E-state index contributed by atoms with van der Waals surface area (Å²) < 4.78 is 0. The van der Waals surface area contributed by atoms with E-state index in [0.717, 1.165) is 0 Å². The van der Waals surface area contributed by atoms with Crippen LogP contribution in [-0.2, 0) is 0 Å². The number of benzene rings is 2. The molecular formula is C15H14N4O4. The molecule has 0 unspecified atom stereocenters. The summed E-state index contributed by atoms with van der Waals surface area (Å²) in [5.74, 6) is 0.542. The molecule has 23 heavy (non-hydrogen) atoms. The van der Waals surface area contributed by atoms with E-state index in [1.807, 2.05) is 0 Å².